The van der Waals surface area contributed by atoms with Crippen LogP contribution in [0.2, 0.25) is 0 Å². The number of nitrogens with one attached hydrogen (secondary N) is 1. The number of amidine groups is 1. The molecule has 1 unspecified atom stereocenters. The highest BCUT2D eigenvalue weighted by Crippen LogP contribution is 2.41. The summed E-state index contributed by atoms with van der Waals surface area (Å²) in [5.41, 5.74) is 4.83. The Kier molecular flexibility index (Phi) is 4.46. The maximum absolute atomic E-state index is 12.0. The average Bonchev–Trinajstić information content (AvgIpc) is 2.23. The Bertz CT molecular complexity index is 290. The number of carbonyl (C=O) groups excluding carboxylic acids is 1. The SMILES string of the molecule is CSC(C)CNC(=O)C1(C(N)=NO)CCC1. The maximum Gasteiger partial charge on any atom is 0.233 e. The van der Waals surface area contributed by atoms with Crippen LogP contribution in [0.15, 0.2) is 5.16 Å². The van der Waals surface area contributed by atoms with Crippen LogP contribution in [0.3, 0.4) is 0 Å². The Morgan fingerprint density at radius 2 is 2.31 bits per heavy atom. The lowest BCUT2D eigenvalue weighted by molar-refractivity contribution is -0.131. The zero-order chi connectivity index (χ0) is 12.2. The number of rotatable bonds is 5. The Morgan fingerprint density at radius 1 is 1.69 bits per heavy atom. The van der Waals surface area contributed by atoms with Gasteiger partial charge in [-0.05, 0) is 19.1 Å². The van der Waals surface area contributed by atoms with Crippen molar-refractivity contribution in [3.63, 3.8) is 0 Å². The van der Waals surface area contributed by atoms with Crippen molar-refractivity contribution in [2.24, 2.45) is 16.3 Å². The van der Waals surface area contributed by atoms with Gasteiger partial charge in [-0.15, -0.1) is 0 Å². The number of oxime groups is 1. The summed E-state index contributed by atoms with van der Waals surface area (Å²) >= 11 is 1.69. The molecule has 92 valence electrons. The topological polar surface area (TPSA) is 87.7 Å². The van der Waals surface area contributed by atoms with E-state index < -0.39 is 5.41 Å². The van der Waals surface area contributed by atoms with E-state index in [0.29, 0.717) is 24.6 Å². The van der Waals surface area contributed by atoms with Gasteiger partial charge in [-0.1, -0.05) is 18.5 Å². The van der Waals surface area contributed by atoms with Gasteiger partial charge in [0.15, 0.2) is 5.84 Å². The van der Waals surface area contributed by atoms with E-state index in [1.54, 1.807) is 11.8 Å². The van der Waals surface area contributed by atoms with Crippen LogP contribution in [-0.4, -0.2) is 35.0 Å². The van der Waals surface area contributed by atoms with Crippen LogP contribution in [0.1, 0.15) is 26.2 Å². The fraction of sp³-hybridized carbons (Fsp3) is 0.800. The van der Waals surface area contributed by atoms with Gasteiger partial charge in [-0.3, -0.25) is 4.79 Å². The normalized spacial score (nSPS) is 21.0. The molecule has 0 aromatic rings. The van der Waals surface area contributed by atoms with E-state index in [1.165, 1.54) is 0 Å². The minimum Gasteiger partial charge on any atom is -0.409 e. The Labute approximate surface area is 99.8 Å². The van der Waals surface area contributed by atoms with E-state index in [0.717, 1.165) is 6.42 Å². The van der Waals surface area contributed by atoms with Crippen LogP contribution in [0.5, 0.6) is 0 Å². The molecule has 1 rings (SSSR count). The molecule has 1 atom stereocenters. The van der Waals surface area contributed by atoms with Gasteiger partial charge in [0.05, 0.1) is 0 Å². The summed E-state index contributed by atoms with van der Waals surface area (Å²) in [4.78, 5) is 12.0. The van der Waals surface area contributed by atoms with Crippen LogP contribution >= 0.6 is 11.8 Å². The van der Waals surface area contributed by atoms with Crippen molar-refractivity contribution in [2.45, 2.75) is 31.4 Å². The molecule has 0 bridgehead atoms. The quantitative estimate of drug-likeness (QED) is 0.289. The van der Waals surface area contributed by atoms with E-state index >= 15 is 0 Å². The summed E-state index contributed by atoms with van der Waals surface area (Å²) in [6.45, 7) is 2.66. The molecule has 1 amide bonds. The lowest BCUT2D eigenvalue weighted by Crippen LogP contribution is -2.54. The lowest BCUT2D eigenvalue weighted by Gasteiger charge is -2.38. The molecule has 0 heterocycles. The third-order valence-electron chi connectivity index (χ3n) is 3.19. The van der Waals surface area contributed by atoms with Gasteiger partial charge in [0, 0.05) is 11.8 Å². The van der Waals surface area contributed by atoms with Crippen LogP contribution in [0.25, 0.3) is 0 Å². The minimum atomic E-state index is -0.757. The Balaban J connectivity index is 2.57. The van der Waals surface area contributed by atoms with E-state index in [1.807, 2.05) is 13.2 Å². The van der Waals surface area contributed by atoms with Crippen molar-refractivity contribution >= 4 is 23.5 Å². The fourth-order valence-corrected chi connectivity index (χ4v) is 1.96. The predicted molar refractivity (Wildman–Crippen MR) is 65.7 cm³/mol. The number of thioether (sulfide) groups is 1. The Morgan fingerprint density at radius 3 is 2.69 bits per heavy atom. The number of nitrogens with two attached hydrogens (primary N) is 1. The summed E-state index contributed by atoms with van der Waals surface area (Å²) in [7, 11) is 0. The number of hydrogen-bond donors (Lipinski definition) is 3. The molecule has 0 aromatic carbocycles. The molecular weight excluding hydrogens is 226 g/mol. The van der Waals surface area contributed by atoms with Gasteiger partial charge in [-0.25, -0.2) is 0 Å². The second-order valence-corrected chi connectivity index (χ2v) is 5.45. The Hall–Kier alpha value is -0.910. The molecule has 0 spiro atoms. The molecule has 1 aliphatic carbocycles. The summed E-state index contributed by atoms with van der Waals surface area (Å²) in [6.07, 6.45) is 4.28. The van der Waals surface area contributed by atoms with Crippen molar-refractivity contribution in [3.8, 4) is 0 Å². The van der Waals surface area contributed by atoms with Crippen molar-refractivity contribution in [1.29, 1.82) is 0 Å². The van der Waals surface area contributed by atoms with Gasteiger partial charge < -0.3 is 16.3 Å². The molecule has 1 aliphatic rings. The van der Waals surface area contributed by atoms with Crippen molar-refractivity contribution in [2.75, 3.05) is 12.8 Å². The number of carbonyl (C=O) groups is 1. The average molecular weight is 245 g/mol. The van der Waals surface area contributed by atoms with Gasteiger partial charge in [-0.2, -0.15) is 11.8 Å². The molecule has 4 N–H and O–H groups in total. The zero-order valence-corrected chi connectivity index (χ0v) is 10.5. The molecule has 0 saturated heterocycles. The number of hydrogen-bond acceptors (Lipinski definition) is 4. The van der Waals surface area contributed by atoms with E-state index in [9.17, 15) is 4.79 Å². The molecule has 16 heavy (non-hydrogen) atoms. The molecule has 0 aromatic heterocycles. The monoisotopic (exact) mass is 245 g/mol. The molecule has 1 fully saturated rings. The van der Waals surface area contributed by atoms with E-state index in [4.69, 9.17) is 10.9 Å². The van der Waals surface area contributed by atoms with Crippen LogP contribution in [0.4, 0.5) is 0 Å². The summed E-state index contributed by atoms with van der Waals surface area (Å²) in [6, 6.07) is 0. The second kappa shape index (κ2) is 5.43. The second-order valence-electron chi connectivity index (χ2n) is 4.18. The standard InChI is InChI=1S/C10H19N3O2S/c1-7(16-2)6-12-9(14)10(4-3-5-10)8(11)13-15/h7,15H,3-6H2,1-2H3,(H2,11,13)(H,12,14). The van der Waals surface area contributed by atoms with Crippen molar-refractivity contribution in [3.05, 3.63) is 0 Å². The first-order valence-electron chi connectivity index (χ1n) is 5.36. The van der Waals surface area contributed by atoms with Gasteiger partial charge >= 0.3 is 0 Å². The molecule has 1 saturated carbocycles. The number of amides is 1. The fourth-order valence-electron chi connectivity index (χ4n) is 1.71. The minimum absolute atomic E-state index is 0.0352. The molecule has 0 radical (unpaired) electrons. The summed E-state index contributed by atoms with van der Waals surface area (Å²) in [5.74, 6) is -0.0806. The largest absolute Gasteiger partial charge is 0.409 e. The highest BCUT2D eigenvalue weighted by atomic mass is 32.2. The first kappa shape index (κ1) is 13.2. The molecule has 6 heteroatoms. The zero-order valence-electron chi connectivity index (χ0n) is 9.69. The van der Waals surface area contributed by atoms with Gasteiger partial charge in [0.1, 0.15) is 5.41 Å². The summed E-state index contributed by atoms with van der Waals surface area (Å²) in [5, 5.41) is 14.9. The summed E-state index contributed by atoms with van der Waals surface area (Å²) < 4.78 is 0. The first-order chi connectivity index (χ1) is 7.56. The van der Waals surface area contributed by atoms with Gasteiger partial charge in [0.25, 0.3) is 0 Å². The lowest BCUT2D eigenvalue weighted by atomic mass is 9.67. The van der Waals surface area contributed by atoms with Gasteiger partial charge in [0.2, 0.25) is 5.91 Å². The first-order valence-corrected chi connectivity index (χ1v) is 6.64. The van der Waals surface area contributed by atoms with Crippen molar-refractivity contribution in [1.82, 2.24) is 5.32 Å². The smallest absolute Gasteiger partial charge is 0.233 e. The highest BCUT2D eigenvalue weighted by Gasteiger charge is 2.48. The predicted octanol–water partition coefficient (Wildman–Crippen LogP) is 0.771. The van der Waals surface area contributed by atoms with Crippen LogP contribution in [0, 0.1) is 5.41 Å². The van der Waals surface area contributed by atoms with Crippen LogP contribution in [-0.2, 0) is 4.79 Å². The van der Waals surface area contributed by atoms with E-state index in [2.05, 4.69) is 10.5 Å². The van der Waals surface area contributed by atoms with Crippen LogP contribution < -0.4 is 11.1 Å². The van der Waals surface area contributed by atoms with E-state index in [-0.39, 0.29) is 11.7 Å². The van der Waals surface area contributed by atoms with Crippen molar-refractivity contribution < 1.29 is 10.0 Å². The molecule has 0 aliphatic heterocycles. The third-order valence-corrected chi connectivity index (χ3v) is 4.16. The number of nitrogens with zero attached hydrogens (tertiary/aromatic N) is 1. The molecule has 5 nitrogen and oxygen atoms in total. The molecular formula is C10H19N3O2S. The third kappa shape index (κ3) is 2.42. The maximum atomic E-state index is 12.0. The highest BCUT2D eigenvalue weighted by molar-refractivity contribution is 7.99.